The summed E-state index contributed by atoms with van der Waals surface area (Å²) in [6, 6.07) is 7.49. The molecule has 0 aliphatic heterocycles. The fourth-order valence-electron chi connectivity index (χ4n) is 2.36. The second-order valence-corrected chi connectivity index (χ2v) is 6.04. The average molecular weight is 300 g/mol. The van der Waals surface area contributed by atoms with E-state index in [1.165, 1.54) is 0 Å². The SMILES string of the molecule is CC(C)[C@H](NC(=O)c1cccc(N(C)C)c1)c1nccn1C. The summed E-state index contributed by atoms with van der Waals surface area (Å²) in [5, 5.41) is 3.10. The number of hydrogen-bond donors (Lipinski definition) is 1. The Kier molecular flexibility index (Phi) is 4.85. The Morgan fingerprint density at radius 2 is 2.05 bits per heavy atom. The van der Waals surface area contributed by atoms with Crippen molar-refractivity contribution in [3.8, 4) is 0 Å². The smallest absolute Gasteiger partial charge is 0.251 e. The Hall–Kier alpha value is -2.30. The quantitative estimate of drug-likeness (QED) is 0.923. The van der Waals surface area contributed by atoms with Crippen LogP contribution in [-0.2, 0) is 7.05 Å². The summed E-state index contributed by atoms with van der Waals surface area (Å²) in [5.41, 5.74) is 1.66. The van der Waals surface area contributed by atoms with E-state index < -0.39 is 0 Å². The zero-order valence-corrected chi connectivity index (χ0v) is 13.9. The van der Waals surface area contributed by atoms with Gasteiger partial charge in [0.25, 0.3) is 5.91 Å². The monoisotopic (exact) mass is 300 g/mol. The molecule has 1 aromatic heterocycles. The maximum Gasteiger partial charge on any atom is 0.251 e. The summed E-state index contributed by atoms with van der Waals surface area (Å²) in [4.78, 5) is 18.9. The largest absolute Gasteiger partial charge is 0.378 e. The van der Waals surface area contributed by atoms with Crippen LogP contribution in [0.3, 0.4) is 0 Å². The van der Waals surface area contributed by atoms with Crippen molar-refractivity contribution >= 4 is 11.6 Å². The van der Waals surface area contributed by atoms with E-state index in [0.717, 1.165) is 11.5 Å². The van der Waals surface area contributed by atoms with Gasteiger partial charge < -0.3 is 14.8 Å². The molecule has 22 heavy (non-hydrogen) atoms. The molecule has 1 amide bonds. The lowest BCUT2D eigenvalue weighted by atomic mass is 10.0. The van der Waals surface area contributed by atoms with Gasteiger partial charge in [-0.25, -0.2) is 4.98 Å². The second-order valence-electron chi connectivity index (χ2n) is 6.04. The first-order valence-corrected chi connectivity index (χ1v) is 7.45. The molecule has 2 aromatic rings. The van der Waals surface area contributed by atoms with Crippen LogP contribution in [-0.4, -0.2) is 29.6 Å². The van der Waals surface area contributed by atoms with E-state index in [2.05, 4.69) is 24.1 Å². The van der Waals surface area contributed by atoms with Crippen LogP contribution in [0.1, 0.15) is 36.1 Å². The van der Waals surface area contributed by atoms with Crippen LogP contribution in [0.15, 0.2) is 36.7 Å². The number of carbonyl (C=O) groups is 1. The van der Waals surface area contributed by atoms with Crippen LogP contribution >= 0.6 is 0 Å². The standard InChI is InChI=1S/C17H24N4O/c1-12(2)15(16-18-9-10-21(16)5)19-17(22)13-7-6-8-14(11-13)20(3)4/h6-12,15H,1-5H3,(H,19,22)/t15-/m0/s1. The molecule has 1 atom stereocenters. The normalized spacial score (nSPS) is 12.3. The van der Waals surface area contributed by atoms with Crippen LogP contribution in [0.5, 0.6) is 0 Å². The van der Waals surface area contributed by atoms with E-state index in [1.54, 1.807) is 6.20 Å². The number of imidazole rings is 1. The minimum atomic E-state index is -0.115. The van der Waals surface area contributed by atoms with Gasteiger partial charge in [0.05, 0.1) is 6.04 Å². The fraction of sp³-hybridized carbons (Fsp3) is 0.412. The van der Waals surface area contributed by atoms with Gasteiger partial charge >= 0.3 is 0 Å². The third-order valence-corrected chi connectivity index (χ3v) is 3.71. The number of anilines is 1. The summed E-state index contributed by atoms with van der Waals surface area (Å²) in [7, 11) is 5.86. The van der Waals surface area contributed by atoms with E-state index in [-0.39, 0.29) is 17.9 Å². The summed E-state index contributed by atoms with van der Waals surface area (Å²) in [6.45, 7) is 4.16. The topological polar surface area (TPSA) is 50.2 Å². The third-order valence-electron chi connectivity index (χ3n) is 3.71. The van der Waals surface area contributed by atoms with Crippen molar-refractivity contribution in [1.82, 2.24) is 14.9 Å². The summed E-state index contributed by atoms with van der Waals surface area (Å²) >= 11 is 0. The van der Waals surface area contributed by atoms with E-state index in [1.807, 2.05) is 61.1 Å². The van der Waals surface area contributed by atoms with E-state index in [4.69, 9.17) is 0 Å². The number of nitrogens with one attached hydrogen (secondary N) is 1. The number of aryl methyl sites for hydroxylation is 1. The highest BCUT2D eigenvalue weighted by Gasteiger charge is 2.22. The average Bonchev–Trinajstić information content (AvgIpc) is 2.90. The maximum atomic E-state index is 12.6. The summed E-state index contributed by atoms with van der Waals surface area (Å²) in [6.07, 6.45) is 3.65. The number of amides is 1. The molecule has 1 aromatic carbocycles. The molecule has 1 heterocycles. The second kappa shape index (κ2) is 6.64. The van der Waals surface area contributed by atoms with Gasteiger partial charge in [-0.15, -0.1) is 0 Å². The molecule has 1 N–H and O–H groups in total. The minimum Gasteiger partial charge on any atom is -0.378 e. The van der Waals surface area contributed by atoms with Gasteiger partial charge in [-0.1, -0.05) is 19.9 Å². The molecule has 0 aliphatic rings. The summed E-state index contributed by atoms with van der Waals surface area (Å²) in [5.74, 6) is 1.04. The highest BCUT2D eigenvalue weighted by molar-refractivity contribution is 5.95. The number of nitrogens with zero attached hydrogens (tertiary/aromatic N) is 3. The number of benzene rings is 1. The van der Waals surface area contributed by atoms with E-state index in [0.29, 0.717) is 5.56 Å². The van der Waals surface area contributed by atoms with Crippen LogP contribution in [0, 0.1) is 5.92 Å². The predicted molar refractivity (Wildman–Crippen MR) is 89.0 cm³/mol. The minimum absolute atomic E-state index is 0.0783. The van der Waals surface area contributed by atoms with Crippen LogP contribution in [0.4, 0.5) is 5.69 Å². The molecule has 0 spiro atoms. The maximum absolute atomic E-state index is 12.6. The van der Waals surface area contributed by atoms with Gasteiger partial charge in [-0.2, -0.15) is 0 Å². The van der Waals surface area contributed by atoms with Gasteiger partial charge in [0.2, 0.25) is 0 Å². The lowest BCUT2D eigenvalue weighted by molar-refractivity contribution is 0.0922. The molecule has 2 rings (SSSR count). The molecule has 0 saturated heterocycles. The molecular formula is C17H24N4O. The Bertz CT molecular complexity index is 646. The molecular weight excluding hydrogens is 276 g/mol. The highest BCUT2D eigenvalue weighted by atomic mass is 16.1. The number of hydrogen-bond acceptors (Lipinski definition) is 3. The van der Waals surface area contributed by atoms with Crippen molar-refractivity contribution in [3.05, 3.63) is 48.0 Å². The Morgan fingerprint density at radius 3 is 2.59 bits per heavy atom. The van der Waals surface area contributed by atoms with Crippen molar-refractivity contribution in [1.29, 1.82) is 0 Å². The van der Waals surface area contributed by atoms with E-state index in [9.17, 15) is 4.79 Å². The lowest BCUT2D eigenvalue weighted by Crippen LogP contribution is -2.33. The zero-order valence-electron chi connectivity index (χ0n) is 13.9. The van der Waals surface area contributed by atoms with Gasteiger partial charge in [-0.3, -0.25) is 4.79 Å². The first kappa shape index (κ1) is 16.1. The van der Waals surface area contributed by atoms with Crippen LogP contribution in [0.25, 0.3) is 0 Å². The first-order chi connectivity index (χ1) is 10.4. The molecule has 5 nitrogen and oxygen atoms in total. The fourth-order valence-corrected chi connectivity index (χ4v) is 2.36. The summed E-state index contributed by atoms with van der Waals surface area (Å²) < 4.78 is 1.95. The lowest BCUT2D eigenvalue weighted by Gasteiger charge is -2.22. The number of aromatic nitrogens is 2. The van der Waals surface area contributed by atoms with Gasteiger partial charge in [0.15, 0.2) is 0 Å². The van der Waals surface area contributed by atoms with Crippen molar-refractivity contribution in [2.24, 2.45) is 13.0 Å². The Balaban J connectivity index is 2.22. The first-order valence-electron chi connectivity index (χ1n) is 7.45. The molecule has 0 fully saturated rings. The van der Waals surface area contributed by atoms with Crippen molar-refractivity contribution in [2.75, 3.05) is 19.0 Å². The highest BCUT2D eigenvalue weighted by Crippen LogP contribution is 2.21. The molecule has 0 saturated carbocycles. The van der Waals surface area contributed by atoms with Gasteiger partial charge in [0, 0.05) is 44.8 Å². The van der Waals surface area contributed by atoms with Gasteiger partial charge in [0.1, 0.15) is 5.82 Å². The predicted octanol–water partition coefficient (Wildman–Crippen LogP) is 2.61. The molecule has 0 aliphatic carbocycles. The molecule has 0 radical (unpaired) electrons. The van der Waals surface area contributed by atoms with Crippen molar-refractivity contribution in [2.45, 2.75) is 19.9 Å². The van der Waals surface area contributed by atoms with Crippen LogP contribution in [0.2, 0.25) is 0 Å². The molecule has 118 valence electrons. The van der Waals surface area contributed by atoms with Crippen molar-refractivity contribution in [3.63, 3.8) is 0 Å². The Morgan fingerprint density at radius 1 is 1.32 bits per heavy atom. The van der Waals surface area contributed by atoms with Crippen molar-refractivity contribution < 1.29 is 4.79 Å². The number of rotatable bonds is 5. The molecule has 0 bridgehead atoms. The number of carbonyl (C=O) groups excluding carboxylic acids is 1. The molecule has 0 unspecified atom stereocenters. The van der Waals surface area contributed by atoms with Crippen LogP contribution < -0.4 is 10.2 Å². The molecule has 5 heteroatoms. The third kappa shape index (κ3) is 3.47. The van der Waals surface area contributed by atoms with E-state index >= 15 is 0 Å². The van der Waals surface area contributed by atoms with Gasteiger partial charge in [-0.05, 0) is 24.1 Å². The zero-order chi connectivity index (χ0) is 16.3. The Labute approximate surface area is 132 Å².